The van der Waals surface area contributed by atoms with Crippen LogP contribution in [-0.4, -0.2) is 21.9 Å². The normalized spacial score (nSPS) is 14.2. The largest absolute Gasteiger partial charge is 0.312 e. The second kappa shape index (κ2) is 6.20. The molecule has 0 amide bonds. The molecule has 1 aromatic heterocycles. The monoisotopic (exact) mass is 315 g/mol. The lowest BCUT2D eigenvalue weighted by molar-refractivity contribution is 0.405. The van der Waals surface area contributed by atoms with Gasteiger partial charge in [0, 0.05) is 17.5 Å². The summed E-state index contributed by atoms with van der Waals surface area (Å²) in [6.07, 6.45) is 3.03. The highest BCUT2D eigenvalue weighted by molar-refractivity contribution is 9.10. The van der Waals surface area contributed by atoms with Gasteiger partial charge in [-0.3, -0.25) is 4.68 Å². The molecule has 0 fully saturated rings. The quantitative estimate of drug-likeness (QED) is 0.886. The summed E-state index contributed by atoms with van der Waals surface area (Å²) in [6, 6.07) is 0.407. The molecule has 1 unspecified atom stereocenters. The fourth-order valence-electron chi connectivity index (χ4n) is 2.02. The van der Waals surface area contributed by atoms with Crippen molar-refractivity contribution in [2.24, 2.45) is 0 Å². The van der Waals surface area contributed by atoms with Crippen molar-refractivity contribution in [2.75, 3.05) is 6.54 Å². The van der Waals surface area contributed by atoms with E-state index in [0.29, 0.717) is 12.0 Å². The third-order valence-electron chi connectivity index (χ3n) is 2.98. The summed E-state index contributed by atoms with van der Waals surface area (Å²) >= 11 is 3.61. The van der Waals surface area contributed by atoms with Gasteiger partial charge in [0.1, 0.15) is 0 Å². The molecule has 104 valence electrons. The first-order valence-electron chi connectivity index (χ1n) is 6.70. The fourth-order valence-corrected chi connectivity index (χ4v) is 2.69. The van der Waals surface area contributed by atoms with Crippen molar-refractivity contribution in [3.8, 4) is 0 Å². The van der Waals surface area contributed by atoms with Crippen LogP contribution in [0.4, 0.5) is 0 Å². The van der Waals surface area contributed by atoms with Crippen LogP contribution >= 0.6 is 15.9 Å². The number of hydrogen-bond donors (Lipinski definition) is 1. The Hall–Kier alpha value is -0.350. The number of nitrogens with zero attached hydrogens (tertiary/aromatic N) is 2. The Morgan fingerprint density at radius 3 is 2.44 bits per heavy atom. The van der Waals surface area contributed by atoms with E-state index in [-0.39, 0.29) is 5.54 Å². The molecule has 1 rings (SSSR count). The Bertz CT molecular complexity index is 377. The number of halogens is 1. The number of hydrogen-bond acceptors (Lipinski definition) is 2. The van der Waals surface area contributed by atoms with Crippen molar-refractivity contribution < 1.29 is 0 Å². The summed E-state index contributed by atoms with van der Waals surface area (Å²) in [4.78, 5) is 0. The van der Waals surface area contributed by atoms with Gasteiger partial charge in [-0.2, -0.15) is 5.10 Å². The van der Waals surface area contributed by atoms with Gasteiger partial charge in [-0.1, -0.05) is 6.92 Å². The Kier molecular flexibility index (Phi) is 5.41. The van der Waals surface area contributed by atoms with Gasteiger partial charge in [-0.05, 0) is 63.5 Å². The highest BCUT2D eigenvalue weighted by Crippen LogP contribution is 2.29. The van der Waals surface area contributed by atoms with E-state index in [2.05, 4.69) is 72.6 Å². The topological polar surface area (TPSA) is 29.9 Å². The van der Waals surface area contributed by atoms with E-state index in [1.807, 2.05) is 6.20 Å². The minimum atomic E-state index is 0.190. The molecule has 0 bridgehead atoms. The molecule has 1 heterocycles. The molecule has 0 aliphatic rings. The zero-order valence-electron chi connectivity index (χ0n) is 12.4. The molecule has 1 atom stereocenters. The highest BCUT2D eigenvalue weighted by Gasteiger charge is 2.18. The maximum atomic E-state index is 4.44. The Balaban J connectivity index is 2.66. The standard InChI is InChI=1S/C14H26BrN3/c1-10(2)18-13(12(15)9-17-18)11(3)7-8-16-14(4,5)6/h9-11,16H,7-8H2,1-6H3. The van der Waals surface area contributed by atoms with E-state index in [1.54, 1.807) is 0 Å². The molecule has 3 nitrogen and oxygen atoms in total. The summed E-state index contributed by atoms with van der Waals surface area (Å²) in [5.74, 6) is 0.499. The van der Waals surface area contributed by atoms with Crippen LogP contribution in [0, 0.1) is 0 Å². The summed E-state index contributed by atoms with van der Waals surface area (Å²) in [6.45, 7) is 14.2. The van der Waals surface area contributed by atoms with Crippen molar-refractivity contribution >= 4 is 15.9 Å². The second-order valence-electron chi connectivity index (χ2n) is 6.28. The first-order chi connectivity index (χ1) is 8.22. The van der Waals surface area contributed by atoms with Crippen LogP contribution in [0.3, 0.4) is 0 Å². The van der Waals surface area contributed by atoms with Crippen LogP contribution < -0.4 is 5.32 Å². The average Bonchev–Trinajstić information content (AvgIpc) is 2.58. The van der Waals surface area contributed by atoms with E-state index in [4.69, 9.17) is 0 Å². The predicted octanol–water partition coefficient (Wildman–Crippen LogP) is 4.11. The van der Waals surface area contributed by atoms with Gasteiger partial charge in [0.05, 0.1) is 16.4 Å². The van der Waals surface area contributed by atoms with Gasteiger partial charge in [0.2, 0.25) is 0 Å². The molecular weight excluding hydrogens is 290 g/mol. The van der Waals surface area contributed by atoms with Gasteiger partial charge in [0.15, 0.2) is 0 Å². The molecule has 0 aliphatic heterocycles. The van der Waals surface area contributed by atoms with Crippen molar-refractivity contribution in [1.29, 1.82) is 0 Å². The fraction of sp³-hybridized carbons (Fsp3) is 0.786. The summed E-state index contributed by atoms with van der Waals surface area (Å²) < 4.78 is 3.24. The van der Waals surface area contributed by atoms with E-state index < -0.39 is 0 Å². The van der Waals surface area contributed by atoms with E-state index in [9.17, 15) is 0 Å². The molecule has 18 heavy (non-hydrogen) atoms. The van der Waals surface area contributed by atoms with Crippen molar-refractivity contribution in [2.45, 2.75) is 65.5 Å². The smallest absolute Gasteiger partial charge is 0.0635 e. The molecule has 0 radical (unpaired) electrons. The van der Waals surface area contributed by atoms with Crippen LogP contribution in [0.15, 0.2) is 10.7 Å². The summed E-state index contributed by atoms with van der Waals surface area (Å²) in [5.41, 5.74) is 1.50. The minimum Gasteiger partial charge on any atom is -0.312 e. The van der Waals surface area contributed by atoms with Crippen LogP contribution in [0.2, 0.25) is 0 Å². The third kappa shape index (κ3) is 4.39. The van der Waals surface area contributed by atoms with Crippen LogP contribution in [0.25, 0.3) is 0 Å². The Morgan fingerprint density at radius 1 is 1.33 bits per heavy atom. The molecule has 0 saturated heterocycles. The zero-order valence-corrected chi connectivity index (χ0v) is 14.0. The van der Waals surface area contributed by atoms with Gasteiger partial charge in [-0.15, -0.1) is 0 Å². The predicted molar refractivity (Wildman–Crippen MR) is 81.1 cm³/mol. The number of aromatic nitrogens is 2. The molecule has 0 spiro atoms. The molecule has 1 N–H and O–H groups in total. The van der Waals surface area contributed by atoms with E-state index in [1.165, 1.54) is 5.69 Å². The average molecular weight is 316 g/mol. The summed E-state index contributed by atoms with van der Waals surface area (Å²) in [7, 11) is 0. The third-order valence-corrected chi connectivity index (χ3v) is 3.59. The van der Waals surface area contributed by atoms with E-state index >= 15 is 0 Å². The maximum absolute atomic E-state index is 4.44. The lowest BCUT2D eigenvalue weighted by Gasteiger charge is -2.23. The van der Waals surface area contributed by atoms with Crippen LogP contribution in [-0.2, 0) is 0 Å². The molecule has 0 aliphatic carbocycles. The molecular formula is C14H26BrN3. The van der Waals surface area contributed by atoms with Crippen molar-refractivity contribution in [1.82, 2.24) is 15.1 Å². The maximum Gasteiger partial charge on any atom is 0.0635 e. The highest BCUT2D eigenvalue weighted by atomic mass is 79.9. The molecule has 1 aromatic rings. The lowest BCUT2D eigenvalue weighted by atomic mass is 10.0. The van der Waals surface area contributed by atoms with Gasteiger partial charge in [0.25, 0.3) is 0 Å². The minimum absolute atomic E-state index is 0.190. The lowest BCUT2D eigenvalue weighted by Crippen LogP contribution is -2.36. The van der Waals surface area contributed by atoms with Crippen LogP contribution in [0.5, 0.6) is 0 Å². The second-order valence-corrected chi connectivity index (χ2v) is 7.14. The first-order valence-corrected chi connectivity index (χ1v) is 7.49. The molecule has 0 saturated carbocycles. The summed E-state index contributed by atoms with van der Waals surface area (Å²) in [5, 5.41) is 7.98. The Morgan fingerprint density at radius 2 is 1.94 bits per heavy atom. The van der Waals surface area contributed by atoms with Crippen molar-refractivity contribution in [3.63, 3.8) is 0 Å². The molecule has 4 heteroatoms. The zero-order chi connectivity index (χ0) is 13.9. The van der Waals surface area contributed by atoms with Gasteiger partial charge in [-0.25, -0.2) is 0 Å². The number of rotatable bonds is 5. The SMILES string of the molecule is CC(CCNC(C)(C)C)c1c(Br)cnn1C(C)C. The Labute approximate surface area is 119 Å². The number of nitrogens with one attached hydrogen (secondary N) is 1. The first kappa shape index (κ1) is 15.7. The van der Waals surface area contributed by atoms with Gasteiger partial charge < -0.3 is 5.32 Å². The van der Waals surface area contributed by atoms with Gasteiger partial charge >= 0.3 is 0 Å². The van der Waals surface area contributed by atoms with Crippen molar-refractivity contribution in [3.05, 3.63) is 16.4 Å². The molecule has 0 aromatic carbocycles. The van der Waals surface area contributed by atoms with E-state index in [0.717, 1.165) is 17.4 Å². The van der Waals surface area contributed by atoms with Crippen LogP contribution in [0.1, 0.15) is 65.6 Å².